The normalized spacial score (nSPS) is 13.3. The molecule has 0 amide bonds. The fourth-order valence-corrected chi connectivity index (χ4v) is 2.57. The van der Waals surface area contributed by atoms with Crippen molar-refractivity contribution in [2.75, 3.05) is 6.54 Å². The van der Waals surface area contributed by atoms with Crippen LogP contribution in [0.5, 0.6) is 0 Å². The van der Waals surface area contributed by atoms with E-state index in [0.29, 0.717) is 12.1 Å². The minimum atomic E-state index is -4.35. The summed E-state index contributed by atoms with van der Waals surface area (Å²) < 4.78 is 37.7. The fraction of sp³-hybridized carbons (Fsp3) is 0.429. The summed E-state index contributed by atoms with van der Waals surface area (Å²) >= 11 is 1.53. The minimum absolute atomic E-state index is 0.126. The molecule has 2 rings (SSSR count). The molecule has 0 aromatic carbocycles. The second-order valence-electron chi connectivity index (χ2n) is 4.61. The monoisotopic (exact) mass is 315 g/mol. The van der Waals surface area contributed by atoms with Gasteiger partial charge in [0.25, 0.3) is 0 Å². The van der Waals surface area contributed by atoms with E-state index in [9.17, 15) is 13.2 Å². The van der Waals surface area contributed by atoms with Gasteiger partial charge in [-0.25, -0.2) is 4.98 Å². The Kier molecular flexibility index (Phi) is 5.30. The summed E-state index contributed by atoms with van der Waals surface area (Å²) in [5, 5.41) is 6.12. The topological polar surface area (TPSA) is 37.8 Å². The Morgan fingerprint density at radius 2 is 2.10 bits per heavy atom. The molecule has 0 fully saturated rings. The molecule has 1 atom stereocenters. The van der Waals surface area contributed by atoms with E-state index in [4.69, 9.17) is 0 Å². The van der Waals surface area contributed by atoms with Crippen LogP contribution < -0.4 is 5.32 Å². The first-order valence-corrected chi connectivity index (χ1v) is 7.53. The number of hydrogen-bond acceptors (Lipinski definition) is 4. The lowest BCUT2D eigenvalue weighted by Gasteiger charge is -2.17. The van der Waals surface area contributed by atoms with Crippen LogP contribution in [0, 0.1) is 0 Å². The second-order valence-corrected chi connectivity index (χ2v) is 5.59. The number of alkyl halides is 3. The third-order valence-electron chi connectivity index (χ3n) is 2.97. The van der Waals surface area contributed by atoms with Crippen LogP contribution in [0.4, 0.5) is 13.2 Å². The summed E-state index contributed by atoms with van der Waals surface area (Å²) in [4.78, 5) is 8.19. The molecular formula is C14H16F3N3S. The van der Waals surface area contributed by atoms with E-state index in [1.807, 2.05) is 12.3 Å². The van der Waals surface area contributed by atoms with E-state index in [1.54, 1.807) is 6.20 Å². The molecule has 2 heterocycles. The van der Waals surface area contributed by atoms with E-state index in [2.05, 4.69) is 15.3 Å². The number of nitrogens with zero attached hydrogens (tertiary/aromatic N) is 2. The lowest BCUT2D eigenvalue weighted by atomic mass is 10.1. The molecule has 0 spiro atoms. The van der Waals surface area contributed by atoms with E-state index >= 15 is 0 Å². The molecule has 1 N–H and O–H groups in total. The molecule has 2 aromatic rings. The summed E-state index contributed by atoms with van der Waals surface area (Å²) in [6.07, 6.45) is -0.187. The van der Waals surface area contributed by atoms with Crippen LogP contribution in [-0.2, 0) is 12.6 Å². The Hall–Kier alpha value is -1.47. The molecule has 1 unspecified atom stereocenters. The summed E-state index contributed by atoms with van der Waals surface area (Å²) in [5.41, 5.74) is -0.124. The largest absolute Gasteiger partial charge is 0.417 e. The van der Waals surface area contributed by atoms with Gasteiger partial charge < -0.3 is 5.32 Å². The predicted octanol–water partition coefficient (Wildman–Crippen LogP) is 3.84. The molecular weight excluding hydrogens is 299 g/mol. The van der Waals surface area contributed by atoms with E-state index in [1.165, 1.54) is 17.4 Å². The number of rotatable bonds is 6. The summed E-state index contributed by atoms with van der Waals surface area (Å²) in [5.74, 6) is 0. The molecule has 0 saturated heterocycles. The standard InChI is InChI=1S/C14H16F3N3S/c1-2-5-18-12(8-13-19-6-7-21-13)11-4-3-10(9-20-11)14(15,16)17/h3-4,6-7,9,12,18H,2,5,8H2,1H3. The van der Waals surface area contributed by atoms with Gasteiger partial charge in [0.15, 0.2) is 0 Å². The van der Waals surface area contributed by atoms with Crippen molar-refractivity contribution in [1.29, 1.82) is 0 Å². The van der Waals surface area contributed by atoms with Gasteiger partial charge in [0.05, 0.1) is 22.3 Å². The van der Waals surface area contributed by atoms with Crippen molar-refractivity contribution < 1.29 is 13.2 Å². The van der Waals surface area contributed by atoms with Crippen molar-refractivity contribution in [1.82, 2.24) is 15.3 Å². The molecule has 7 heteroatoms. The summed E-state index contributed by atoms with van der Waals surface area (Å²) in [6.45, 7) is 2.81. The molecule has 21 heavy (non-hydrogen) atoms. The molecule has 0 radical (unpaired) electrons. The van der Waals surface area contributed by atoms with Gasteiger partial charge in [-0.1, -0.05) is 6.92 Å². The van der Waals surface area contributed by atoms with Gasteiger partial charge in [-0.3, -0.25) is 4.98 Å². The van der Waals surface area contributed by atoms with Gasteiger partial charge in [-0.2, -0.15) is 13.2 Å². The van der Waals surface area contributed by atoms with Gasteiger partial charge >= 0.3 is 6.18 Å². The third-order valence-corrected chi connectivity index (χ3v) is 3.78. The maximum Gasteiger partial charge on any atom is 0.417 e. The van der Waals surface area contributed by atoms with Crippen LogP contribution in [0.1, 0.15) is 35.7 Å². The van der Waals surface area contributed by atoms with Crippen LogP contribution >= 0.6 is 11.3 Å². The smallest absolute Gasteiger partial charge is 0.308 e. The predicted molar refractivity (Wildman–Crippen MR) is 76.1 cm³/mol. The zero-order chi connectivity index (χ0) is 15.3. The third kappa shape index (κ3) is 4.50. The van der Waals surface area contributed by atoms with Gasteiger partial charge in [-0.15, -0.1) is 11.3 Å². The molecule has 0 bridgehead atoms. The van der Waals surface area contributed by atoms with E-state index in [0.717, 1.165) is 30.2 Å². The van der Waals surface area contributed by atoms with Crippen molar-refractivity contribution in [2.24, 2.45) is 0 Å². The van der Waals surface area contributed by atoms with Crippen molar-refractivity contribution in [3.63, 3.8) is 0 Å². The van der Waals surface area contributed by atoms with Crippen LogP contribution in [0.25, 0.3) is 0 Å². The first-order chi connectivity index (χ1) is 10.0. The van der Waals surface area contributed by atoms with Crippen LogP contribution in [0.2, 0.25) is 0 Å². The minimum Gasteiger partial charge on any atom is -0.308 e. The maximum atomic E-state index is 12.6. The molecule has 3 nitrogen and oxygen atoms in total. The molecule has 0 saturated carbocycles. The van der Waals surface area contributed by atoms with Gasteiger partial charge in [0, 0.05) is 24.2 Å². The van der Waals surface area contributed by atoms with Gasteiger partial charge in [0.2, 0.25) is 0 Å². The number of halogens is 3. The van der Waals surface area contributed by atoms with E-state index in [-0.39, 0.29) is 6.04 Å². The molecule has 2 aromatic heterocycles. The second kappa shape index (κ2) is 7.00. The highest BCUT2D eigenvalue weighted by atomic mass is 32.1. The van der Waals surface area contributed by atoms with Crippen molar-refractivity contribution in [3.8, 4) is 0 Å². The first-order valence-electron chi connectivity index (χ1n) is 6.65. The Morgan fingerprint density at radius 3 is 2.62 bits per heavy atom. The zero-order valence-electron chi connectivity index (χ0n) is 11.5. The molecule has 0 aliphatic heterocycles. The first kappa shape index (κ1) is 15.9. The summed E-state index contributed by atoms with van der Waals surface area (Å²) in [7, 11) is 0. The van der Waals surface area contributed by atoms with Crippen LogP contribution in [0.15, 0.2) is 29.9 Å². The van der Waals surface area contributed by atoms with Crippen molar-refractivity contribution in [2.45, 2.75) is 32.0 Å². The Bertz CT molecular complexity index is 538. The van der Waals surface area contributed by atoms with Gasteiger partial charge in [-0.05, 0) is 25.1 Å². The highest BCUT2D eigenvalue weighted by Gasteiger charge is 2.31. The quantitative estimate of drug-likeness (QED) is 0.880. The number of pyridine rings is 1. The average molecular weight is 315 g/mol. The average Bonchev–Trinajstić information content (AvgIpc) is 2.95. The lowest BCUT2D eigenvalue weighted by molar-refractivity contribution is -0.137. The number of aromatic nitrogens is 2. The number of hydrogen-bond donors (Lipinski definition) is 1. The Morgan fingerprint density at radius 1 is 1.29 bits per heavy atom. The highest BCUT2D eigenvalue weighted by Crippen LogP contribution is 2.29. The van der Waals surface area contributed by atoms with Gasteiger partial charge in [0.1, 0.15) is 0 Å². The Balaban J connectivity index is 2.15. The number of nitrogens with one attached hydrogen (secondary N) is 1. The SMILES string of the molecule is CCCNC(Cc1nccs1)c1ccc(C(F)(F)F)cn1. The maximum absolute atomic E-state index is 12.6. The lowest BCUT2D eigenvalue weighted by Crippen LogP contribution is -2.25. The van der Waals surface area contributed by atoms with E-state index < -0.39 is 11.7 Å². The zero-order valence-corrected chi connectivity index (χ0v) is 12.3. The molecule has 0 aliphatic rings. The molecule has 114 valence electrons. The number of thiazole rings is 1. The Labute approximate surface area is 125 Å². The summed E-state index contributed by atoms with van der Waals surface area (Å²) in [6, 6.07) is 2.38. The van der Waals surface area contributed by atoms with Crippen LogP contribution in [0.3, 0.4) is 0 Å². The van der Waals surface area contributed by atoms with Crippen molar-refractivity contribution >= 4 is 11.3 Å². The fourth-order valence-electron chi connectivity index (χ4n) is 1.91. The van der Waals surface area contributed by atoms with Crippen LogP contribution in [-0.4, -0.2) is 16.5 Å². The van der Waals surface area contributed by atoms with Crippen molar-refractivity contribution in [3.05, 3.63) is 46.2 Å². The highest BCUT2D eigenvalue weighted by molar-refractivity contribution is 7.09. The molecule has 0 aliphatic carbocycles.